The molecule has 170 valence electrons. The average Bonchev–Trinajstić information content (AvgIpc) is 3.44. The molecule has 2 aromatic heterocycles. The fourth-order valence-electron chi connectivity index (χ4n) is 3.87. The van der Waals surface area contributed by atoms with Crippen molar-refractivity contribution in [2.24, 2.45) is 0 Å². The van der Waals surface area contributed by atoms with Crippen LogP contribution in [0.2, 0.25) is 0 Å². The number of esters is 2. The molecule has 0 bridgehead atoms. The van der Waals surface area contributed by atoms with E-state index >= 15 is 0 Å². The Kier molecular flexibility index (Phi) is 6.69. The Balaban J connectivity index is 1.74. The number of carbonyl (C=O) groups excluding carboxylic acids is 2. The fourth-order valence-corrected chi connectivity index (χ4v) is 4.18. The molecule has 3 aromatic rings. The number of methoxy groups -OCH3 is 1. The molecule has 0 radical (unpaired) electrons. The zero-order valence-electron chi connectivity index (χ0n) is 18.2. The number of nitrogens with one attached hydrogen (secondary N) is 1. The Bertz CT molecular complexity index is 1160. The Morgan fingerprint density at radius 1 is 1.15 bits per heavy atom. The molecule has 33 heavy (non-hydrogen) atoms. The molecule has 1 fully saturated rings. The first-order valence-electron chi connectivity index (χ1n) is 10.4. The van der Waals surface area contributed by atoms with Crippen LogP contribution in [0.25, 0.3) is 11.3 Å². The highest BCUT2D eigenvalue weighted by Gasteiger charge is 2.42. The lowest BCUT2D eigenvalue weighted by Crippen LogP contribution is -2.35. The van der Waals surface area contributed by atoms with Gasteiger partial charge in [-0.3, -0.25) is 9.78 Å². The highest BCUT2D eigenvalue weighted by atomic mass is 32.1. The second-order valence-electron chi connectivity index (χ2n) is 7.30. The van der Waals surface area contributed by atoms with E-state index in [0.29, 0.717) is 27.8 Å². The quantitative estimate of drug-likeness (QED) is 0.414. The molecular formula is C24H23N3O5S. The van der Waals surface area contributed by atoms with E-state index in [4.69, 9.17) is 26.1 Å². The SMILES string of the molecule is CCOC(=O)CN1C(=S)N[C@@H](c2ccccn2)[C@@H]1c1ccc(-c2ccccc2C(=O)OC)o1. The summed E-state index contributed by atoms with van der Waals surface area (Å²) in [6, 6.07) is 15.5. The normalized spacial score (nSPS) is 17.5. The van der Waals surface area contributed by atoms with Crippen molar-refractivity contribution in [1.29, 1.82) is 0 Å². The van der Waals surface area contributed by atoms with E-state index in [1.807, 2.05) is 30.3 Å². The minimum atomic E-state index is -0.456. The molecule has 0 unspecified atom stereocenters. The van der Waals surface area contributed by atoms with Crippen LogP contribution in [-0.4, -0.2) is 47.2 Å². The van der Waals surface area contributed by atoms with Crippen molar-refractivity contribution in [2.45, 2.75) is 19.0 Å². The van der Waals surface area contributed by atoms with Gasteiger partial charge < -0.3 is 24.1 Å². The zero-order valence-corrected chi connectivity index (χ0v) is 19.0. The number of pyridine rings is 1. The van der Waals surface area contributed by atoms with Gasteiger partial charge in [0.15, 0.2) is 5.11 Å². The summed E-state index contributed by atoms with van der Waals surface area (Å²) in [6.45, 7) is 1.99. The average molecular weight is 466 g/mol. The summed E-state index contributed by atoms with van der Waals surface area (Å²) in [5.41, 5.74) is 1.75. The molecule has 9 heteroatoms. The van der Waals surface area contributed by atoms with Gasteiger partial charge in [0.05, 0.1) is 31.0 Å². The number of nitrogens with zero attached hydrogens (tertiary/aromatic N) is 2. The minimum Gasteiger partial charge on any atom is -0.465 e. The highest BCUT2D eigenvalue weighted by Crippen LogP contribution is 2.40. The number of carbonyl (C=O) groups is 2. The van der Waals surface area contributed by atoms with Crippen LogP contribution in [0.5, 0.6) is 0 Å². The first kappa shape index (κ1) is 22.5. The third-order valence-corrected chi connectivity index (χ3v) is 5.67. The van der Waals surface area contributed by atoms with Crippen molar-refractivity contribution in [3.05, 3.63) is 77.8 Å². The van der Waals surface area contributed by atoms with Crippen molar-refractivity contribution in [2.75, 3.05) is 20.3 Å². The van der Waals surface area contributed by atoms with Gasteiger partial charge in [0, 0.05) is 11.8 Å². The van der Waals surface area contributed by atoms with Gasteiger partial charge in [-0.1, -0.05) is 24.3 Å². The summed E-state index contributed by atoms with van der Waals surface area (Å²) >= 11 is 5.54. The number of hydrogen-bond donors (Lipinski definition) is 1. The van der Waals surface area contributed by atoms with Crippen LogP contribution in [0, 0.1) is 0 Å². The van der Waals surface area contributed by atoms with E-state index in [1.165, 1.54) is 7.11 Å². The molecule has 0 aliphatic carbocycles. The van der Waals surface area contributed by atoms with Crippen LogP contribution < -0.4 is 5.32 Å². The summed E-state index contributed by atoms with van der Waals surface area (Å²) in [4.78, 5) is 30.7. The predicted octanol–water partition coefficient (Wildman–Crippen LogP) is 3.66. The molecule has 4 rings (SSSR count). The van der Waals surface area contributed by atoms with Crippen LogP contribution in [0.15, 0.2) is 65.2 Å². The summed E-state index contributed by atoms with van der Waals surface area (Å²) in [5.74, 6) is 0.218. The molecule has 1 aliphatic heterocycles. The molecule has 1 N–H and O–H groups in total. The van der Waals surface area contributed by atoms with Crippen LogP contribution in [-0.2, 0) is 14.3 Å². The zero-order chi connectivity index (χ0) is 23.4. The molecule has 0 spiro atoms. The van der Waals surface area contributed by atoms with Crippen LogP contribution >= 0.6 is 12.2 Å². The Hall–Kier alpha value is -3.72. The maximum absolute atomic E-state index is 12.3. The maximum atomic E-state index is 12.3. The second-order valence-corrected chi connectivity index (χ2v) is 7.69. The van der Waals surface area contributed by atoms with Crippen molar-refractivity contribution >= 4 is 29.3 Å². The molecular weight excluding hydrogens is 442 g/mol. The topological polar surface area (TPSA) is 93.9 Å². The lowest BCUT2D eigenvalue weighted by atomic mass is 10.0. The lowest BCUT2D eigenvalue weighted by molar-refractivity contribution is -0.143. The highest BCUT2D eigenvalue weighted by molar-refractivity contribution is 7.80. The summed E-state index contributed by atoms with van der Waals surface area (Å²) in [5, 5.41) is 3.66. The lowest BCUT2D eigenvalue weighted by Gasteiger charge is -2.25. The Morgan fingerprint density at radius 3 is 2.67 bits per heavy atom. The third kappa shape index (κ3) is 4.58. The van der Waals surface area contributed by atoms with Crippen molar-refractivity contribution in [3.8, 4) is 11.3 Å². The largest absolute Gasteiger partial charge is 0.465 e. The number of rotatable bonds is 7. The van der Waals surface area contributed by atoms with E-state index in [-0.39, 0.29) is 19.2 Å². The molecule has 1 aromatic carbocycles. The van der Waals surface area contributed by atoms with E-state index in [1.54, 1.807) is 42.3 Å². The molecule has 0 amide bonds. The summed E-state index contributed by atoms with van der Waals surface area (Å²) in [7, 11) is 1.34. The van der Waals surface area contributed by atoms with Crippen LogP contribution in [0.1, 0.15) is 40.8 Å². The number of ether oxygens (including phenoxy) is 2. The van der Waals surface area contributed by atoms with Gasteiger partial charge in [0.1, 0.15) is 24.1 Å². The predicted molar refractivity (Wildman–Crippen MR) is 124 cm³/mol. The van der Waals surface area contributed by atoms with Gasteiger partial charge in [-0.05, 0) is 49.5 Å². The number of furan rings is 1. The van der Waals surface area contributed by atoms with E-state index in [9.17, 15) is 9.59 Å². The van der Waals surface area contributed by atoms with Crippen molar-refractivity contribution in [1.82, 2.24) is 15.2 Å². The van der Waals surface area contributed by atoms with Crippen molar-refractivity contribution in [3.63, 3.8) is 0 Å². The Labute approximate surface area is 196 Å². The standard InChI is InChI=1S/C24H23N3O5S/c1-3-31-20(28)14-27-22(21(26-24(27)33)17-10-6-7-13-25-17)19-12-11-18(32-19)15-8-4-5-9-16(15)23(29)30-2/h4-13,21-22H,3,14H2,1-2H3,(H,26,33)/t21-,22-/m0/s1. The minimum absolute atomic E-state index is 0.0392. The molecule has 1 saturated heterocycles. The first-order valence-corrected chi connectivity index (χ1v) is 10.9. The van der Waals surface area contributed by atoms with Gasteiger partial charge in [-0.25, -0.2) is 4.79 Å². The molecule has 0 saturated carbocycles. The Morgan fingerprint density at radius 2 is 1.94 bits per heavy atom. The number of thiocarbonyl (C=S) groups is 1. The third-order valence-electron chi connectivity index (χ3n) is 5.32. The monoisotopic (exact) mass is 465 g/mol. The summed E-state index contributed by atoms with van der Waals surface area (Å²) < 4.78 is 16.3. The smallest absolute Gasteiger partial charge is 0.338 e. The van der Waals surface area contributed by atoms with Crippen LogP contribution in [0.3, 0.4) is 0 Å². The maximum Gasteiger partial charge on any atom is 0.338 e. The summed E-state index contributed by atoms with van der Waals surface area (Å²) in [6.07, 6.45) is 1.70. The molecule has 2 atom stereocenters. The van der Waals surface area contributed by atoms with Gasteiger partial charge in [-0.2, -0.15) is 0 Å². The van der Waals surface area contributed by atoms with Gasteiger partial charge >= 0.3 is 11.9 Å². The number of aromatic nitrogens is 1. The molecule has 1 aliphatic rings. The van der Waals surface area contributed by atoms with E-state index in [2.05, 4.69) is 10.3 Å². The molecule has 8 nitrogen and oxygen atoms in total. The fraction of sp³-hybridized carbons (Fsp3) is 0.250. The van der Waals surface area contributed by atoms with Gasteiger partial charge in [0.2, 0.25) is 0 Å². The number of benzene rings is 1. The first-order chi connectivity index (χ1) is 16.0. The van der Waals surface area contributed by atoms with Gasteiger partial charge in [-0.15, -0.1) is 0 Å². The van der Waals surface area contributed by atoms with Crippen LogP contribution in [0.4, 0.5) is 0 Å². The van der Waals surface area contributed by atoms with E-state index in [0.717, 1.165) is 5.69 Å². The van der Waals surface area contributed by atoms with Gasteiger partial charge in [0.25, 0.3) is 0 Å². The second kappa shape index (κ2) is 9.83. The van der Waals surface area contributed by atoms with E-state index < -0.39 is 18.0 Å². The molecule has 3 heterocycles. The van der Waals surface area contributed by atoms with Crippen molar-refractivity contribution < 1.29 is 23.5 Å². The number of hydrogen-bond acceptors (Lipinski definition) is 7.